The van der Waals surface area contributed by atoms with E-state index in [1.54, 1.807) is 18.3 Å². The van der Waals surface area contributed by atoms with Crippen molar-refractivity contribution in [3.8, 4) is 11.4 Å². The van der Waals surface area contributed by atoms with Crippen molar-refractivity contribution in [1.82, 2.24) is 19.6 Å². The van der Waals surface area contributed by atoms with Crippen LogP contribution in [-0.4, -0.2) is 63.8 Å². The molecule has 30 heavy (non-hydrogen) atoms. The molecule has 0 atom stereocenters. The molecule has 1 amide bonds. The van der Waals surface area contributed by atoms with Crippen molar-refractivity contribution in [1.29, 1.82) is 0 Å². The Morgan fingerprint density at radius 1 is 1.03 bits per heavy atom. The van der Waals surface area contributed by atoms with Crippen LogP contribution in [0.4, 0.5) is 4.39 Å². The topological polar surface area (TPSA) is 50.6 Å². The number of nitrogens with zero attached hydrogens (tertiary/aromatic N) is 4. The Bertz CT molecular complexity index is 896. The predicted octanol–water partition coefficient (Wildman–Crippen LogP) is 3.64. The van der Waals surface area contributed by atoms with Crippen molar-refractivity contribution in [2.75, 3.05) is 26.2 Å². The number of halogens is 1. The van der Waals surface area contributed by atoms with Gasteiger partial charge in [-0.05, 0) is 50.7 Å². The van der Waals surface area contributed by atoms with Crippen molar-refractivity contribution in [3.63, 3.8) is 0 Å². The summed E-state index contributed by atoms with van der Waals surface area (Å²) in [5.41, 5.74) is 0.817. The number of piperidine rings is 1. The van der Waals surface area contributed by atoms with Gasteiger partial charge in [-0.25, -0.2) is 9.07 Å². The monoisotopic (exact) mass is 412 g/mol. The molecule has 0 bridgehead atoms. The second-order valence-electron chi connectivity index (χ2n) is 8.72. The highest BCUT2D eigenvalue weighted by Gasteiger charge is 2.29. The number of ether oxygens (including phenoxy) is 1. The molecule has 0 unspecified atom stereocenters. The fourth-order valence-electron chi connectivity index (χ4n) is 4.72. The normalized spacial score (nSPS) is 21.0. The van der Waals surface area contributed by atoms with E-state index in [-0.39, 0.29) is 12.0 Å². The SMILES string of the molecule is O=C(c1cnn(-c2ccc(OC3CCN(C4CCC4)CC3)cc2F)c1)N1CCCC1. The van der Waals surface area contributed by atoms with Gasteiger partial charge in [-0.3, -0.25) is 4.79 Å². The summed E-state index contributed by atoms with van der Waals surface area (Å²) >= 11 is 0. The van der Waals surface area contributed by atoms with Crippen LogP contribution in [-0.2, 0) is 0 Å². The Kier molecular flexibility index (Phi) is 5.46. The number of carbonyl (C=O) groups is 1. The van der Waals surface area contributed by atoms with Crippen LogP contribution in [0.25, 0.3) is 5.69 Å². The van der Waals surface area contributed by atoms with Gasteiger partial charge in [0, 0.05) is 44.5 Å². The molecule has 7 heteroatoms. The molecule has 160 valence electrons. The highest BCUT2D eigenvalue weighted by Crippen LogP contribution is 2.29. The Balaban J connectivity index is 1.21. The van der Waals surface area contributed by atoms with Crippen LogP contribution >= 0.6 is 0 Å². The number of aromatic nitrogens is 2. The van der Waals surface area contributed by atoms with Gasteiger partial charge in [0.2, 0.25) is 0 Å². The van der Waals surface area contributed by atoms with E-state index < -0.39 is 5.82 Å². The van der Waals surface area contributed by atoms with E-state index >= 15 is 0 Å². The van der Waals surface area contributed by atoms with Crippen molar-refractivity contribution < 1.29 is 13.9 Å². The number of hydrogen-bond acceptors (Lipinski definition) is 4. The van der Waals surface area contributed by atoms with E-state index in [0.29, 0.717) is 17.0 Å². The number of benzene rings is 1. The van der Waals surface area contributed by atoms with Gasteiger partial charge in [0.05, 0.1) is 11.8 Å². The molecule has 1 aromatic carbocycles. The summed E-state index contributed by atoms with van der Waals surface area (Å²) in [5.74, 6) is 0.119. The Hall–Kier alpha value is -2.41. The quantitative estimate of drug-likeness (QED) is 0.752. The maximum Gasteiger partial charge on any atom is 0.257 e. The molecule has 2 saturated heterocycles. The zero-order chi connectivity index (χ0) is 20.5. The fraction of sp³-hybridized carbons (Fsp3) is 0.565. The zero-order valence-electron chi connectivity index (χ0n) is 17.3. The van der Waals surface area contributed by atoms with Crippen molar-refractivity contribution in [2.24, 2.45) is 0 Å². The summed E-state index contributed by atoms with van der Waals surface area (Å²) < 4.78 is 22.3. The van der Waals surface area contributed by atoms with Crippen LogP contribution in [0, 0.1) is 5.82 Å². The number of likely N-dealkylation sites (tertiary alicyclic amines) is 2. The van der Waals surface area contributed by atoms with Crippen molar-refractivity contribution in [3.05, 3.63) is 42.0 Å². The minimum atomic E-state index is -0.400. The predicted molar refractivity (Wildman–Crippen MR) is 112 cm³/mol. The standard InChI is InChI=1S/C23H29FN4O2/c24-21-14-20(30-19-8-12-26(13-9-19)18-4-3-5-18)6-7-22(21)28-16-17(15-25-28)23(29)27-10-1-2-11-27/h6-7,14-16,18-19H,1-5,8-13H2. The average molecular weight is 413 g/mol. The molecular weight excluding hydrogens is 383 g/mol. The average Bonchev–Trinajstić information content (AvgIpc) is 3.40. The second kappa shape index (κ2) is 8.38. The van der Waals surface area contributed by atoms with Crippen LogP contribution < -0.4 is 4.74 Å². The summed E-state index contributed by atoms with van der Waals surface area (Å²) in [6, 6.07) is 5.67. The molecular formula is C23H29FN4O2. The molecule has 5 rings (SSSR count). The van der Waals surface area contributed by atoms with Gasteiger partial charge in [-0.1, -0.05) is 6.42 Å². The van der Waals surface area contributed by atoms with Gasteiger partial charge >= 0.3 is 0 Å². The number of carbonyl (C=O) groups excluding carboxylic acids is 1. The van der Waals surface area contributed by atoms with E-state index in [1.165, 1.54) is 36.2 Å². The van der Waals surface area contributed by atoms with E-state index in [1.807, 2.05) is 4.90 Å². The second-order valence-corrected chi connectivity index (χ2v) is 8.72. The van der Waals surface area contributed by atoms with Crippen molar-refractivity contribution in [2.45, 2.75) is 57.1 Å². The molecule has 1 aliphatic carbocycles. The fourth-order valence-corrected chi connectivity index (χ4v) is 4.72. The van der Waals surface area contributed by atoms with Crippen LogP contribution in [0.5, 0.6) is 5.75 Å². The molecule has 6 nitrogen and oxygen atoms in total. The molecule has 0 N–H and O–H groups in total. The first-order chi connectivity index (χ1) is 14.7. The molecule has 2 aliphatic heterocycles. The number of hydrogen-bond donors (Lipinski definition) is 0. The van der Waals surface area contributed by atoms with Gasteiger partial charge in [0.25, 0.3) is 5.91 Å². The molecule has 0 spiro atoms. The zero-order valence-corrected chi connectivity index (χ0v) is 17.3. The lowest BCUT2D eigenvalue weighted by Crippen LogP contribution is -2.46. The molecule has 0 radical (unpaired) electrons. The molecule has 2 aromatic rings. The van der Waals surface area contributed by atoms with Crippen LogP contribution in [0.1, 0.15) is 55.3 Å². The summed E-state index contributed by atoms with van der Waals surface area (Å²) in [7, 11) is 0. The lowest BCUT2D eigenvalue weighted by atomic mass is 9.90. The summed E-state index contributed by atoms with van der Waals surface area (Å²) in [6.45, 7) is 3.70. The third-order valence-electron chi connectivity index (χ3n) is 6.76. The summed E-state index contributed by atoms with van der Waals surface area (Å²) in [4.78, 5) is 16.9. The highest BCUT2D eigenvalue weighted by atomic mass is 19.1. The Labute approximate surface area is 176 Å². The molecule has 1 aromatic heterocycles. The van der Waals surface area contributed by atoms with Crippen LogP contribution in [0.3, 0.4) is 0 Å². The maximum atomic E-state index is 14.8. The Morgan fingerprint density at radius 3 is 2.47 bits per heavy atom. The minimum Gasteiger partial charge on any atom is -0.490 e. The molecule has 3 aliphatic rings. The molecule has 3 heterocycles. The van der Waals surface area contributed by atoms with Crippen molar-refractivity contribution >= 4 is 5.91 Å². The number of amides is 1. The van der Waals surface area contributed by atoms with E-state index in [9.17, 15) is 9.18 Å². The highest BCUT2D eigenvalue weighted by molar-refractivity contribution is 5.94. The lowest BCUT2D eigenvalue weighted by Gasteiger charge is -2.41. The first-order valence-corrected chi connectivity index (χ1v) is 11.2. The number of rotatable bonds is 5. The van der Waals surface area contributed by atoms with Crippen LogP contribution in [0.2, 0.25) is 0 Å². The maximum absolute atomic E-state index is 14.8. The third-order valence-corrected chi connectivity index (χ3v) is 6.76. The summed E-state index contributed by atoms with van der Waals surface area (Å²) in [6.07, 6.45) is 11.3. The smallest absolute Gasteiger partial charge is 0.257 e. The molecule has 3 fully saturated rings. The van der Waals surface area contributed by atoms with E-state index in [4.69, 9.17) is 4.74 Å². The van der Waals surface area contributed by atoms with Crippen LogP contribution in [0.15, 0.2) is 30.6 Å². The summed E-state index contributed by atoms with van der Waals surface area (Å²) in [5, 5.41) is 4.21. The van der Waals surface area contributed by atoms with Gasteiger partial charge in [0.15, 0.2) is 5.82 Å². The van der Waals surface area contributed by atoms with Gasteiger partial charge in [0.1, 0.15) is 17.5 Å². The lowest BCUT2D eigenvalue weighted by molar-refractivity contribution is 0.0492. The molecule has 1 saturated carbocycles. The Morgan fingerprint density at radius 2 is 1.80 bits per heavy atom. The third kappa shape index (κ3) is 3.95. The first kappa shape index (κ1) is 19.5. The van der Waals surface area contributed by atoms with E-state index in [2.05, 4.69) is 10.00 Å². The van der Waals surface area contributed by atoms with E-state index in [0.717, 1.165) is 57.9 Å². The largest absolute Gasteiger partial charge is 0.490 e. The van der Waals surface area contributed by atoms with Gasteiger partial charge in [-0.2, -0.15) is 5.10 Å². The minimum absolute atomic E-state index is 0.0349. The first-order valence-electron chi connectivity index (χ1n) is 11.2. The van der Waals surface area contributed by atoms with Gasteiger partial charge < -0.3 is 14.5 Å². The van der Waals surface area contributed by atoms with Gasteiger partial charge in [-0.15, -0.1) is 0 Å².